The summed E-state index contributed by atoms with van der Waals surface area (Å²) in [6.45, 7) is 5.75. The maximum Gasteiger partial charge on any atom is 0.278 e. The molecule has 5 nitrogen and oxygen atoms in total. The number of halogens is 1. The summed E-state index contributed by atoms with van der Waals surface area (Å²) in [6.07, 6.45) is 0. The summed E-state index contributed by atoms with van der Waals surface area (Å²) >= 11 is 6.11. The molecule has 1 amide bonds. The summed E-state index contributed by atoms with van der Waals surface area (Å²) in [4.78, 5) is 12.7. The van der Waals surface area contributed by atoms with Crippen LogP contribution < -0.4 is 10.1 Å². The second-order valence-corrected chi connectivity index (χ2v) is 6.39. The van der Waals surface area contributed by atoms with Gasteiger partial charge in [0.1, 0.15) is 18.1 Å². The first kappa shape index (κ1) is 18.0. The monoisotopic (exact) mass is 370 g/mol. The number of aromatic nitrogens is 1. The molecule has 1 heterocycles. The molecule has 3 rings (SSSR count). The Morgan fingerprint density at radius 1 is 1.15 bits per heavy atom. The van der Waals surface area contributed by atoms with Gasteiger partial charge in [-0.2, -0.15) is 0 Å². The number of nitrogens with one attached hydrogen (secondary N) is 1. The van der Waals surface area contributed by atoms with Crippen LogP contribution in [0.4, 0.5) is 5.69 Å². The van der Waals surface area contributed by atoms with E-state index in [0.717, 1.165) is 16.9 Å². The number of carbonyl (C=O) groups excluding carboxylic acids is 1. The van der Waals surface area contributed by atoms with E-state index < -0.39 is 0 Å². The third-order valence-corrected chi connectivity index (χ3v) is 4.59. The van der Waals surface area contributed by atoms with Crippen LogP contribution in [0.15, 0.2) is 47.0 Å². The third-order valence-electron chi connectivity index (χ3n) is 4.18. The number of carbonyl (C=O) groups is 1. The average Bonchev–Trinajstić information content (AvgIpc) is 2.99. The second-order valence-electron chi connectivity index (χ2n) is 5.99. The van der Waals surface area contributed by atoms with E-state index in [0.29, 0.717) is 22.0 Å². The van der Waals surface area contributed by atoms with Gasteiger partial charge >= 0.3 is 0 Å². The van der Waals surface area contributed by atoms with Crippen molar-refractivity contribution in [2.24, 2.45) is 0 Å². The van der Waals surface area contributed by atoms with E-state index in [9.17, 15) is 4.79 Å². The van der Waals surface area contributed by atoms with Crippen molar-refractivity contribution in [3.05, 3.63) is 75.6 Å². The normalized spacial score (nSPS) is 10.6. The molecular formula is C20H19ClN2O3. The molecule has 0 aliphatic heterocycles. The van der Waals surface area contributed by atoms with E-state index in [4.69, 9.17) is 20.9 Å². The van der Waals surface area contributed by atoms with Gasteiger partial charge in [-0.15, -0.1) is 0 Å². The molecule has 1 aromatic heterocycles. The quantitative estimate of drug-likeness (QED) is 0.679. The molecule has 0 bridgehead atoms. The predicted molar refractivity (Wildman–Crippen MR) is 101 cm³/mol. The Balaban J connectivity index is 1.80. The van der Waals surface area contributed by atoms with Gasteiger partial charge in [0.15, 0.2) is 5.69 Å². The van der Waals surface area contributed by atoms with Gasteiger partial charge in [-0.25, -0.2) is 0 Å². The molecule has 6 heteroatoms. The minimum absolute atomic E-state index is 0.192. The number of nitrogens with zero attached hydrogens (tertiary/aromatic N) is 1. The molecule has 0 saturated heterocycles. The zero-order chi connectivity index (χ0) is 18.7. The van der Waals surface area contributed by atoms with Crippen molar-refractivity contribution in [3.63, 3.8) is 0 Å². The Kier molecular flexibility index (Phi) is 5.28. The van der Waals surface area contributed by atoms with Crippen molar-refractivity contribution in [1.82, 2.24) is 5.16 Å². The molecule has 0 atom stereocenters. The number of para-hydroxylation sites is 1. The molecule has 0 unspecified atom stereocenters. The molecule has 0 aliphatic rings. The standard InChI is InChI=1S/C20H19ClN2O3/c1-12-7-4-5-10-18(12)25-11-15-14(3)26-23-19(15)20(24)22-17-9-6-8-16(21)13(17)2/h4-10H,11H2,1-3H3,(H,22,24). The summed E-state index contributed by atoms with van der Waals surface area (Å²) in [5, 5.41) is 7.31. The van der Waals surface area contributed by atoms with Crippen LogP contribution in [0.2, 0.25) is 5.02 Å². The van der Waals surface area contributed by atoms with E-state index in [1.165, 1.54) is 0 Å². The van der Waals surface area contributed by atoms with Crippen molar-refractivity contribution in [2.45, 2.75) is 27.4 Å². The number of anilines is 1. The molecule has 0 spiro atoms. The maximum absolute atomic E-state index is 12.7. The van der Waals surface area contributed by atoms with Crippen molar-refractivity contribution < 1.29 is 14.1 Å². The minimum atomic E-state index is -0.365. The molecule has 1 N–H and O–H groups in total. The van der Waals surface area contributed by atoms with E-state index in [-0.39, 0.29) is 18.2 Å². The Morgan fingerprint density at radius 2 is 1.92 bits per heavy atom. The lowest BCUT2D eigenvalue weighted by Gasteiger charge is -2.10. The van der Waals surface area contributed by atoms with Crippen molar-refractivity contribution in [2.75, 3.05) is 5.32 Å². The van der Waals surface area contributed by atoms with Crippen LogP contribution in [0.1, 0.15) is 32.9 Å². The smallest absolute Gasteiger partial charge is 0.278 e. The largest absolute Gasteiger partial charge is 0.488 e. The minimum Gasteiger partial charge on any atom is -0.488 e. The van der Waals surface area contributed by atoms with Gasteiger partial charge in [-0.1, -0.05) is 41.0 Å². The van der Waals surface area contributed by atoms with Gasteiger partial charge < -0.3 is 14.6 Å². The van der Waals surface area contributed by atoms with Crippen LogP contribution >= 0.6 is 11.6 Å². The van der Waals surface area contributed by atoms with E-state index in [1.54, 1.807) is 25.1 Å². The first-order chi connectivity index (χ1) is 12.5. The predicted octanol–water partition coefficient (Wildman–Crippen LogP) is 5.08. The fourth-order valence-corrected chi connectivity index (χ4v) is 2.71. The Labute approximate surface area is 156 Å². The van der Waals surface area contributed by atoms with Gasteiger partial charge in [-0.05, 0) is 50.1 Å². The summed E-state index contributed by atoms with van der Waals surface area (Å²) in [5.74, 6) is 0.937. The van der Waals surface area contributed by atoms with Gasteiger partial charge in [0.25, 0.3) is 5.91 Å². The highest BCUT2D eigenvalue weighted by molar-refractivity contribution is 6.31. The van der Waals surface area contributed by atoms with Crippen LogP contribution in [-0.4, -0.2) is 11.1 Å². The van der Waals surface area contributed by atoms with E-state index >= 15 is 0 Å². The highest BCUT2D eigenvalue weighted by atomic mass is 35.5. The zero-order valence-electron chi connectivity index (χ0n) is 14.8. The van der Waals surface area contributed by atoms with Crippen molar-refractivity contribution in [3.8, 4) is 5.75 Å². The molecule has 2 aromatic carbocycles. The van der Waals surface area contributed by atoms with E-state index in [1.807, 2.05) is 38.1 Å². The van der Waals surface area contributed by atoms with Gasteiger partial charge in [-0.3, -0.25) is 4.79 Å². The number of hydrogen-bond donors (Lipinski definition) is 1. The Morgan fingerprint density at radius 3 is 2.69 bits per heavy atom. The zero-order valence-corrected chi connectivity index (χ0v) is 15.6. The van der Waals surface area contributed by atoms with Gasteiger partial charge in [0.2, 0.25) is 0 Å². The molecular weight excluding hydrogens is 352 g/mol. The number of benzene rings is 2. The summed E-state index contributed by atoms with van der Waals surface area (Å²) < 4.78 is 11.1. The molecule has 134 valence electrons. The number of rotatable bonds is 5. The number of ether oxygens (including phenoxy) is 1. The lowest BCUT2D eigenvalue weighted by atomic mass is 10.1. The lowest BCUT2D eigenvalue weighted by Crippen LogP contribution is -2.16. The highest BCUT2D eigenvalue weighted by Gasteiger charge is 2.21. The SMILES string of the molecule is Cc1ccccc1OCc1c(C(=O)Nc2cccc(Cl)c2C)noc1C. The first-order valence-corrected chi connectivity index (χ1v) is 8.55. The molecule has 0 radical (unpaired) electrons. The molecule has 0 aliphatic carbocycles. The second kappa shape index (κ2) is 7.62. The van der Waals surface area contributed by atoms with E-state index in [2.05, 4.69) is 10.5 Å². The summed E-state index contributed by atoms with van der Waals surface area (Å²) in [7, 11) is 0. The molecule has 26 heavy (non-hydrogen) atoms. The summed E-state index contributed by atoms with van der Waals surface area (Å²) in [5.41, 5.74) is 3.26. The van der Waals surface area contributed by atoms with Gasteiger partial charge in [0, 0.05) is 10.7 Å². The number of aryl methyl sites for hydroxylation is 2. The number of amides is 1. The fraction of sp³-hybridized carbons (Fsp3) is 0.200. The van der Waals surface area contributed by atoms with Crippen LogP contribution in [0.5, 0.6) is 5.75 Å². The molecule has 0 saturated carbocycles. The van der Waals surface area contributed by atoms with Crippen molar-refractivity contribution in [1.29, 1.82) is 0 Å². The Hall–Kier alpha value is -2.79. The summed E-state index contributed by atoms with van der Waals surface area (Å²) in [6, 6.07) is 13.0. The fourth-order valence-electron chi connectivity index (χ4n) is 2.53. The van der Waals surface area contributed by atoms with Crippen LogP contribution in [-0.2, 0) is 6.61 Å². The topological polar surface area (TPSA) is 64.4 Å². The number of hydrogen-bond acceptors (Lipinski definition) is 4. The van der Waals surface area contributed by atoms with Crippen molar-refractivity contribution >= 4 is 23.2 Å². The lowest BCUT2D eigenvalue weighted by molar-refractivity contribution is 0.101. The van der Waals surface area contributed by atoms with Gasteiger partial charge in [0.05, 0.1) is 5.56 Å². The maximum atomic E-state index is 12.7. The van der Waals surface area contributed by atoms with Crippen LogP contribution in [0.25, 0.3) is 0 Å². The highest BCUT2D eigenvalue weighted by Crippen LogP contribution is 2.25. The molecule has 3 aromatic rings. The first-order valence-electron chi connectivity index (χ1n) is 8.17. The van der Waals surface area contributed by atoms with Crippen LogP contribution in [0, 0.1) is 20.8 Å². The van der Waals surface area contributed by atoms with Crippen LogP contribution in [0.3, 0.4) is 0 Å². The molecule has 0 fully saturated rings. The Bertz CT molecular complexity index is 950. The third kappa shape index (κ3) is 3.73. The average molecular weight is 371 g/mol.